The van der Waals surface area contributed by atoms with E-state index in [4.69, 9.17) is 5.11 Å². The second-order valence-electron chi connectivity index (χ2n) is 4.00. The number of esters is 1. The van der Waals surface area contributed by atoms with Crippen LogP contribution in [0.4, 0.5) is 11.4 Å². The van der Waals surface area contributed by atoms with E-state index in [1.165, 1.54) is 13.0 Å². The van der Waals surface area contributed by atoms with Gasteiger partial charge in [0.1, 0.15) is 0 Å². The van der Waals surface area contributed by atoms with E-state index in [0.29, 0.717) is 11.3 Å². The molecule has 0 aliphatic carbocycles. The maximum atomic E-state index is 11.6. The van der Waals surface area contributed by atoms with Crippen molar-refractivity contribution in [3.05, 3.63) is 33.4 Å². The lowest BCUT2D eigenvalue weighted by Crippen LogP contribution is -2.12. The highest BCUT2D eigenvalue weighted by Crippen LogP contribution is 2.27. The maximum absolute atomic E-state index is 11.6. The SMILES string of the molecule is COC(=O)c1cc([N+](=O)[O-])c(C)cc1NCCC(=O)O. The van der Waals surface area contributed by atoms with Crippen LogP contribution in [0, 0.1) is 17.0 Å². The summed E-state index contributed by atoms with van der Waals surface area (Å²) in [6.07, 6.45) is -0.142. The molecule has 8 heteroatoms. The molecule has 2 N–H and O–H groups in total. The van der Waals surface area contributed by atoms with E-state index < -0.39 is 16.9 Å². The summed E-state index contributed by atoms with van der Waals surface area (Å²) < 4.78 is 4.56. The molecule has 0 atom stereocenters. The van der Waals surface area contributed by atoms with Crippen LogP contribution in [0.15, 0.2) is 12.1 Å². The van der Waals surface area contributed by atoms with Crippen molar-refractivity contribution in [1.82, 2.24) is 0 Å². The number of aryl methyl sites for hydroxylation is 1. The molecule has 0 fully saturated rings. The third-order valence-corrected chi connectivity index (χ3v) is 2.59. The molecule has 0 spiro atoms. The predicted octanol–water partition coefficient (Wildman–Crippen LogP) is 1.58. The predicted molar refractivity (Wildman–Crippen MR) is 69.9 cm³/mol. The van der Waals surface area contributed by atoms with Gasteiger partial charge in [0.15, 0.2) is 0 Å². The highest BCUT2D eigenvalue weighted by atomic mass is 16.6. The third-order valence-electron chi connectivity index (χ3n) is 2.59. The van der Waals surface area contributed by atoms with Crippen molar-refractivity contribution in [3.63, 3.8) is 0 Å². The van der Waals surface area contributed by atoms with Gasteiger partial charge in [0.2, 0.25) is 0 Å². The smallest absolute Gasteiger partial charge is 0.340 e. The van der Waals surface area contributed by atoms with Gasteiger partial charge in [0.05, 0.1) is 24.0 Å². The average molecular weight is 282 g/mol. The summed E-state index contributed by atoms with van der Waals surface area (Å²) in [5, 5.41) is 22.2. The molecule has 1 rings (SSSR count). The van der Waals surface area contributed by atoms with Crippen LogP contribution < -0.4 is 5.32 Å². The molecule has 1 aromatic carbocycles. The number of methoxy groups -OCH3 is 1. The van der Waals surface area contributed by atoms with Gasteiger partial charge in [0.25, 0.3) is 5.69 Å². The molecule has 0 aliphatic rings. The fraction of sp³-hybridized carbons (Fsp3) is 0.333. The van der Waals surface area contributed by atoms with E-state index in [2.05, 4.69) is 10.1 Å². The number of ether oxygens (including phenoxy) is 1. The molecular weight excluding hydrogens is 268 g/mol. The average Bonchev–Trinajstić information content (AvgIpc) is 2.37. The van der Waals surface area contributed by atoms with Crippen LogP contribution in [0.3, 0.4) is 0 Å². The van der Waals surface area contributed by atoms with Gasteiger partial charge < -0.3 is 15.2 Å². The van der Waals surface area contributed by atoms with Crippen molar-refractivity contribution in [3.8, 4) is 0 Å². The Morgan fingerprint density at radius 1 is 1.45 bits per heavy atom. The second-order valence-corrected chi connectivity index (χ2v) is 4.00. The molecule has 0 unspecified atom stereocenters. The van der Waals surface area contributed by atoms with E-state index in [1.54, 1.807) is 0 Å². The summed E-state index contributed by atoms with van der Waals surface area (Å²) in [7, 11) is 1.16. The topological polar surface area (TPSA) is 119 Å². The zero-order chi connectivity index (χ0) is 15.3. The van der Waals surface area contributed by atoms with E-state index in [9.17, 15) is 19.7 Å². The summed E-state index contributed by atoms with van der Waals surface area (Å²) in [6, 6.07) is 2.54. The summed E-state index contributed by atoms with van der Waals surface area (Å²) in [5.41, 5.74) is 0.464. The summed E-state index contributed by atoms with van der Waals surface area (Å²) in [5.74, 6) is -1.72. The van der Waals surface area contributed by atoms with Crippen LogP contribution in [-0.4, -0.2) is 35.6 Å². The first-order valence-electron chi connectivity index (χ1n) is 5.69. The van der Waals surface area contributed by atoms with Crippen LogP contribution in [0.25, 0.3) is 0 Å². The molecule has 0 bridgehead atoms. The lowest BCUT2D eigenvalue weighted by atomic mass is 10.1. The molecule has 20 heavy (non-hydrogen) atoms. The fourth-order valence-electron chi connectivity index (χ4n) is 1.62. The van der Waals surface area contributed by atoms with Gasteiger partial charge in [-0.25, -0.2) is 4.79 Å². The molecule has 0 radical (unpaired) electrons. The number of nitrogens with one attached hydrogen (secondary N) is 1. The Balaban J connectivity index is 3.13. The van der Waals surface area contributed by atoms with Crippen LogP contribution in [0.5, 0.6) is 0 Å². The number of carboxylic acid groups (broad SMARTS) is 1. The first-order valence-corrected chi connectivity index (χ1v) is 5.69. The number of nitro groups is 1. The van der Waals surface area contributed by atoms with Crippen LogP contribution in [0.1, 0.15) is 22.3 Å². The number of nitrogens with zero attached hydrogens (tertiary/aromatic N) is 1. The number of aliphatic carboxylic acids is 1. The van der Waals surface area contributed by atoms with Crippen molar-refractivity contribution < 1.29 is 24.4 Å². The molecule has 0 aromatic heterocycles. The van der Waals surface area contributed by atoms with Crippen molar-refractivity contribution in [1.29, 1.82) is 0 Å². The van der Waals surface area contributed by atoms with Crippen molar-refractivity contribution >= 4 is 23.3 Å². The Bertz CT molecular complexity index is 555. The number of nitro benzene ring substituents is 1. The largest absolute Gasteiger partial charge is 0.481 e. The molecule has 0 saturated heterocycles. The quantitative estimate of drug-likeness (QED) is 0.461. The number of hydrogen-bond donors (Lipinski definition) is 2. The van der Waals surface area contributed by atoms with Gasteiger partial charge in [-0.3, -0.25) is 14.9 Å². The number of benzene rings is 1. The third kappa shape index (κ3) is 3.67. The normalized spacial score (nSPS) is 9.90. The number of carbonyl (C=O) groups is 2. The zero-order valence-electron chi connectivity index (χ0n) is 11.0. The summed E-state index contributed by atoms with van der Waals surface area (Å²) in [6.45, 7) is 1.62. The summed E-state index contributed by atoms with van der Waals surface area (Å²) >= 11 is 0. The standard InChI is InChI=1S/C12H14N2O6/c1-7-5-9(13-4-3-11(15)16)8(12(17)20-2)6-10(7)14(18)19/h5-6,13H,3-4H2,1-2H3,(H,15,16). The Hall–Kier alpha value is -2.64. The molecule has 0 amide bonds. The Kier molecular flexibility index (Phi) is 5.01. The lowest BCUT2D eigenvalue weighted by molar-refractivity contribution is -0.385. The number of rotatable bonds is 6. The highest BCUT2D eigenvalue weighted by Gasteiger charge is 2.20. The van der Waals surface area contributed by atoms with E-state index in [1.807, 2.05) is 0 Å². The Morgan fingerprint density at radius 3 is 2.60 bits per heavy atom. The minimum Gasteiger partial charge on any atom is -0.481 e. The molecule has 108 valence electrons. The first-order chi connectivity index (χ1) is 9.36. The van der Waals surface area contributed by atoms with E-state index in [0.717, 1.165) is 13.2 Å². The van der Waals surface area contributed by atoms with Crippen molar-refractivity contribution in [2.24, 2.45) is 0 Å². The molecule has 0 saturated carbocycles. The maximum Gasteiger partial charge on any atom is 0.340 e. The van der Waals surface area contributed by atoms with Gasteiger partial charge in [-0.05, 0) is 13.0 Å². The number of anilines is 1. The van der Waals surface area contributed by atoms with Crippen LogP contribution in [0.2, 0.25) is 0 Å². The van der Waals surface area contributed by atoms with Crippen molar-refractivity contribution in [2.45, 2.75) is 13.3 Å². The van der Waals surface area contributed by atoms with Crippen LogP contribution in [-0.2, 0) is 9.53 Å². The number of hydrogen-bond acceptors (Lipinski definition) is 6. The number of carbonyl (C=O) groups excluding carboxylic acids is 1. The lowest BCUT2D eigenvalue weighted by Gasteiger charge is -2.11. The molecule has 1 aromatic rings. The van der Waals surface area contributed by atoms with Gasteiger partial charge in [-0.1, -0.05) is 0 Å². The Morgan fingerprint density at radius 2 is 2.10 bits per heavy atom. The van der Waals surface area contributed by atoms with E-state index >= 15 is 0 Å². The van der Waals surface area contributed by atoms with Gasteiger partial charge in [0, 0.05) is 23.9 Å². The fourth-order valence-corrected chi connectivity index (χ4v) is 1.62. The number of carboxylic acids is 1. The van der Waals surface area contributed by atoms with Crippen LogP contribution >= 0.6 is 0 Å². The molecule has 0 heterocycles. The Labute approximate surface area is 114 Å². The second kappa shape index (κ2) is 6.50. The minimum atomic E-state index is -0.990. The molecular formula is C12H14N2O6. The molecule has 8 nitrogen and oxygen atoms in total. The highest BCUT2D eigenvalue weighted by molar-refractivity contribution is 5.96. The molecule has 0 aliphatic heterocycles. The zero-order valence-corrected chi connectivity index (χ0v) is 11.0. The van der Waals surface area contributed by atoms with Gasteiger partial charge in [-0.2, -0.15) is 0 Å². The van der Waals surface area contributed by atoms with E-state index in [-0.39, 0.29) is 24.2 Å². The summed E-state index contributed by atoms with van der Waals surface area (Å²) in [4.78, 5) is 32.3. The first kappa shape index (κ1) is 15.4. The monoisotopic (exact) mass is 282 g/mol. The minimum absolute atomic E-state index is 0.00445. The van der Waals surface area contributed by atoms with Gasteiger partial charge in [-0.15, -0.1) is 0 Å². The van der Waals surface area contributed by atoms with Crippen molar-refractivity contribution in [2.75, 3.05) is 19.0 Å². The van der Waals surface area contributed by atoms with Gasteiger partial charge >= 0.3 is 11.9 Å².